The molecule has 0 aliphatic carbocycles. The monoisotopic (exact) mass is 330 g/mol. The van der Waals surface area contributed by atoms with E-state index in [4.69, 9.17) is 4.74 Å². The van der Waals surface area contributed by atoms with Crippen LogP contribution in [0.4, 0.5) is 5.82 Å². The predicted octanol–water partition coefficient (Wildman–Crippen LogP) is 2.49. The smallest absolute Gasteiger partial charge is 0.356 e. The van der Waals surface area contributed by atoms with E-state index < -0.39 is 5.97 Å². The van der Waals surface area contributed by atoms with Gasteiger partial charge in [-0.25, -0.2) is 9.78 Å². The lowest BCUT2D eigenvalue weighted by atomic mass is 10.1. The van der Waals surface area contributed by atoms with E-state index in [1.54, 1.807) is 19.2 Å². The molecule has 1 aliphatic rings. The van der Waals surface area contributed by atoms with E-state index in [0.717, 1.165) is 23.4 Å². The maximum absolute atomic E-state index is 11.4. The number of rotatable bonds is 3. The molecule has 0 atom stereocenters. The van der Waals surface area contributed by atoms with Crippen molar-refractivity contribution in [3.05, 3.63) is 22.3 Å². The van der Waals surface area contributed by atoms with Gasteiger partial charge in [-0.1, -0.05) is 13.8 Å². The van der Waals surface area contributed by atoms with Gasteiger partial charge in [0.05, 0.1) is 17.7 Å². The first-order chi connectivity index (χ1) is 9.15. The third-order valence-electron chi connectivity index (χ3n) is 2.70. The Bertz CT molecular complexity index is 434. The predicted molar refractivity (Wildman–Crippen MR) is 77.6 cm³/mol. The first-order valence-electron chi connectivity index (χ1n) is 6.18. The van der Waals surface area contributed by atoms with Crippen LogP contribution >= 0.6 is 15.9 Å². The van der Waals surface area contributed by atoms with Crippen LogP contribution in [-0.2, 0) is 9.47 Å². The Morgan fingerprint density at radius 2 is 2.00 bits per heavy atom. The van der Waals surface area contributed by atoms with Crippen LogP contribution in [0.25, 0.3) is 0 Å². The lowest BCUT2D eigenvalue weighted by molar-refractivity contribution is 0.0593. The van der Waals surface area contributed by atoms with E-state index in [9.17, 15) is 4.79 Å². The second kappa shape index (κ2) is 7.45. The molecule has 0 amide bonds. The number of nitrogens with zero attached hydrogens (tertiary/aromatic N) is 2. The summed E-state index contributed by atoms with van der Waals surface area (Å²) in [4.78, 5) is 17.7. The van der Waals surface area contributed by atoms with E-state index in [2.05, 4.69) is 25.7 Å². The van der Waals surface area contributed by atoms with Crippen molar-refractivity contribution < 1.29 is 14.3 Å². The van der Waals surface area contributed by atoms with Crippen LogP contribution < -0.4 is 4.90 Å². The summed E-state index contributed by atoms with van der Waals surface area (Å²) in [7, 11) is 3.03. The standard InChI is InChI=1S/C11H13BrN2O3.C2H6/c1-16-7-5-14(6-7)10-8(12)3-4-9(13-10)11(15)17-2;1-2/h3-4,7H,5-6H2,1-2H3;1-2H3. The molecule has 6 heteroatoms. The van der Waals surface area contributed by atoms with Gasteiger partial charge in [0, 0.05) is 20.2 Å². The van der Waals surface area contributed by atoms with E-state index in [0.29, 0.717) is 5.69 Å². The van der Waals surface area contributed by atoms with Crippen LogP contribution in [0.2, 0.25) is 0 Å². The average Bonchev–Trinajstić information content (AvgIpc) is 2.41. The number of carbonyl (C=O) groups excluding carboxylic acids is 1. The topological polar surface area (TPSA) is 51.7 Å². The lowest BCUT2D eigenvalue weighted by Gasteiger charge is -2.39. The number of hydrogen-bond donors (Lipinski definition) is 0. The molecule has 5 nitrogen and oxygen atoms in total. The highest BCUT2D eigenvalue weighted by molar-refractivity contribution is 9.10. The molecule has 0 aromatic carbocycles. The highest BCUT2D eigenvalue weighted by Crippen LogP contribution is 2.28. The van der Waals surface area contributed by atoms with Gasteiger partial charge in [0.1, 0.15) is 5.82 Å². The minimum Gasteiger partial charge on any atom is -0.464 e. The zero-order valence-corrected chi connectivity index (χ0v) is 13.2. The molecule has 0 saturated carbocycles. The summed E-state index contributed by atoms with van der Waals surface area (Å²) in [6.07, 6.45) is 0.241. The molecular formula is C13H19BrN2O3. The van der Waals surface area contributed by atoms with Crippen molar-refractivity contribution >= 4 is 27.7 Å². The molecule has 1 aromatic rings. The van der Waals surface area contributed by atoms with Crippen LogP contribution in [0.1, 0.15) is 24.3 Å². The Hall–Kier alpha value is -1.14. The van der Waals surface area contributed by atoms with Gasteiger partial charge >= 0.3 is 5.97 Å². The molecule has 0 N–H and O–H groups in total. The summed E-state index contributed by atoms with van der Waals surface area (Å²) in [5, 5.41) is 0. The third-order valence-corrected chi connectivity index (χ3v) is 3.32. The number of aromatic nitrogens is 1. The summed E-state index contributed by atoms with van der Waals surface area (Å²) in [6.45, 7) is 5.57. The average molecular weight is 331 g/mol. The van der Waals surface area contributed by atoms with Crippen LogP contribution in [0.5, 0.6) is 0 Å². The van der Waals surface area contributed by atoms with Crippen molar-refractivity contribution in [1.29, 1.82) is 0 Å². The number of esters is 1. The van der Waals surface area contributed by atoms with Crippen molar-refractivity contribution in [1.82, 2.24) is 4.98 Å². The molecule has 0 spiro atoms. The Morgan fingerprint density at radius 3 is 2.53 bits per heavy atom. The second-order valence-electron chi connectivity index (χ2n) is 3.76. The number of pyridine rings is 1. The Morgan fingerprint density at radius 1 is 1.37 bits per heavy atom. The van der Waals surface area contributed by atoms with Gasteiger partial charge in [-0.15, -0.1) is 0 Å². The molecule has 0 unspecified atom stereocenters. The van der Waals surface area contributed by atoms with Crippen molar-refractivity contribution in [2.45, 2.75) is 20.0 Å². The van der Waals surface area contributed by atoms with E-state index in [-0.39, 0.29) is 6.10 Å². The second-order valence-corrected chi connectivity index (χ2v) is 4.61. The summed E-state index contributed by atoms with van der Waals surface area (Å²) in [6, 6.07) is 3.43. The van der Waals surface area contributed by atoms with Gasteiger partial charge in [0.2, 0.25) is 0 Å². The Labute approximate surface area is 122 Å². The molecule has 0 radical (unpaired) electrons. The SMILES string of the molecule is CC.COC(=O)c1ccc(Br)c(N2CC(OC)C2)n1. The van der Waals surface area contributed by atoms with Gasteiger partial charge in [-0.3, -0.25) is 0 Å². The van der Waals surface area contributed by atoms with Gasteiger partial charge in [-0.05, 0) is 28.1 Å². The molecule has 2 rings (SSSR count). The Kier molecular flexibility index (Phi) is 6.24. The lowest BCUT2D eigenvalue weighted by Crippen LogP contribution is -2.52. The van der Waals surface area contributed by atoms with Gasteiger partial charge in [0.15, 0.2) is 5.69 Å². The van der Waals surface area contributed by atoms with Crippen molar-refractivity contribution in [2.75, 3.05) is 32.2 Å². The fourth-order valence-electron chi connectivity index (χ4n) is 1.63. The highest BCUT2D eigenvalue weighted by atomic mass is 79.9. The van der Waals surface area contributed by atoms with Crippen LogP contribution in [-0.4, -0.2) is 44.4 Å². The molecule has 1 aliphatic heterocycles. The normalized spacial score (nSPS) is 14.3. The van der Waals surface area contributed by atoms with E-state index in [1.165, 1.54) is 7.11 Å². The first-order valence-corrected chi connectivity index (χ1v) is 6.97. The quantitative estimate of drug-likeness (QED) is 0.797. The fraction of sp³-hybridized carbons (Fsp3) is 0.538. The minimum atomic E-state index is -0.428. The van der Waals surface area contributed by atoms with Crippen LogP contribution in [0.15, 0.2) is 16.6 Å². The fourth-order valence-corrected chi connectivity index (χ4v) is 2.10. The maximum atomic E-state index is 11.4. The third kappa shape index (κ3) is 3.67. The van der Waals surface area contributed by atoms with Gasteiger partial charge < -0.3 is 14.4 Å². The number of anilines is 1. The maximum Gasteiger partial charge on any atom is 0.356 e. The highest BCUT2D eigenvalue weighted by Gasteiger charge is 2.29. The molecule has 19 heavy (non-hydrogen) atoms. The molecule has 106 valence electrons. The van der Waals surface area contributed by atoms with E-state index in [1.807, 2.05) is 18.7 Å². The van der Waals surface area contributed by atoms with E-state index >= 15 is 0 Å². The summed E-state index contributed by atoms with van der Waals surface area (Å²) in [5.74, 6) is 0.323. The van der Waals surface area contributed by atoms with Gasteiger partial charge in [0.25, 0.3) is 0 Å². The van der Waals surface area contributed by atoms with Crippen LogP contribution in [0, 0.1) is 0 Å². The minimum absolute atomic E-state index is 0.241. The summed E-state index contributed by atoms with van der Waals surface area (Å²) >= 11 is 3.42. The number of carbonyl (C=O) groups is 1. The number of halogens is 1. The van der Waals surface area contributed by atoms with Crippen LogP contribution in [0.3, 0.4) is 0 Å². The number of methoxy groups -OCH3 is 2. The van der Waals surface area contributed by atoms with Crippen molar-refractivity contribution in [3.8, 4) is 0 Å². The molecule has 1 aromatic heterocycles. The molecule has 2 heterocycles. The first kappa shape index (κ1) is 15.9. The summed E-state index contributed by atoms with van der Waals surface area (Å²) < 4.78 is 10.7. The molecule has 1 saturated heterocycles. The van der Waals surface area contributed by atoms with Crippen molar-refractivity contribution in [2.24, 2.45) is 0 Å². The molecule has 0 bridgehead atoms. The number of ether oxygens (including phenoxy) is 2. The largest absolute Gasteiger partial charge is 0.464 e. The molecular weight excluding hydrogens is 312 g/mol. The zero-order valence-electron chi connectivity index (χ0n) is 11.6. The molecule has 1 fully saturated rings. The number of hydrogen-bond acceptors (Lipinski definition) is 5. The zero-order chi connectivity index (χ0) is 14.4. The van der Waals surface area contributed by atoms with Gasteiger partial charge in [-0.2, -0.15) is 0 Å². The Balaban J connectivity index is 0.000000861. The summed E-state index contributed by atoms with van der Waals surface area (Å²) in [5.41, 5.74) is 0.312. The van der Waals surface area contributed by atoms with Crippen molar-refractivity contribution in [3.63, 3.8) is 0 Å².